The van der Waals surface area contributed by atoms with Crippen LogP contribution in [-0.2, 0) is 32.7 Å². The second-order valence-electron chi connectivity index (χ2n) is 28.8. The lowest BCUT2D eigenvalue weighted by molar-refractivity contribution is -0.870. The fraction of sp³-hybridized carbons (Fsp3) is 0.770. The standard InChI is InChI=1S/C87H156NO8P/c1-6-8-10-12-14-16-18-20-22-24-26-28-30-32-34-36-38-40-42-43-44-46-47-49-51-53-55-57-59-61-63-65-67-69-71-73-75-77-79-86(89)93-83-85(84-95-97(91,92)94-82-81-88(3,4)5)96-87(90)80-78-76-74-72-70-68-66-64-62-60-58-56-54-52-50-48-45-41-39-37-35-33-31-29-27-25-23-21-19-17-15-13-11-9-7-2/h9,11,15,17,21,23,27,29,33,35,39,41,48,50,54,56,60,62,85H,6-8,10,12-14,16,18-20,22,24-26,28,30-32,34,36-38,40,42-47,49,51-53,55,57-59,61,63-84H2,1-5H3/p+1/b11-9-,17-15-,23-21-,29-27-,35-33-,41-39-,50-48-,56-54-,62-60-. The maximum Gasteiger partial charge on any atom is 0.472 e. The van der Waals surface area contributed by atoms with Crippen LogP contribution in [0.25, 0.3) is 0 Å². The van der Waals surface area contributed by atoms with Crippen LogP contribution in [0.2, 0.25) is 0 Å². The van der Waals surface area contributed by atoms with Gasteiger partial charge in [0.2, 0.25) is 0 Å². The molecular weight excluding hydrogens is 1220 g/mol. The van der Waals surface area contributed by atoms with Gasteiger partial charge in [-0.3, -0.25) is 18.6 Å². The van der Waals surface area contributed by atoms with Crippen molar-refractivity contribution in [2.45, 2.75) is 386 Å². The number of hydrogen-bond acceptors (Lipinski definition) is 7. The first-order valence-corrected chi connectivity index (χ1v) is 42.6. The molecule has 0 spiro atoms. The summed E-state index contributed by atoms with van der Waals surface area (Å²) in [5, 5.41) is 0. The summed E-state index contributed by atoms with van der Waals surface area (Å²) in [5.74, 6) is -0.801. The van der Waals surface area contributed by atoms with Crippen molar-refractivity contribution in [3.05, 3.63) is 109 Å². The zero-order chi connectivity index (χ0) is 70.4. The van der Waals surface area contributed by atoms with Crippen molar-refractivity contribution in [1.82, 2.24) is 0 Å². The Morgan fingerprint density at radius 1 is 0.330 bits per heavy atom. The highest BCUT2D eigenvalue weighted by atomic mass is 31.2. The van der Waals surface area contributed by atoms with Gasteiger partial charge in [0.05, 0.1) is 27.7 Å². The van der Waals surface area contributed by atoms with Crippen molar-refractivity contribution < 1.29 is 42.1 Å². The van der Waals surface area contributed by atoms with Crippen molar-refractivity contribution in [3.63, 3.8) is 0 Å². The molecular formula is C87H157NO8P+. The largest absolute Gasteiger partial charge is 0.472 e. The number of likely N-dealkylation sites (N-methyl/N-ethyl adjacent to an activating group) is 1. The van der Waals surface area contributed by atoms with Gasteiger partial charge >= 0.3 is 19.8 Å². The van der Waals surface area contributed by atoms with Gasteiger partial charge in [0.15, 0.2) is 6.10 Å². The van der Waals surface area contributed by atoms with Crippen molar-refractivity contribution in [1.29, 1.82) is 0 Å². The van der Waals surface area contributed by atoms with Crippen LogP contribution in [-0.4, -0.2) is 74.9 Å². The van der Waals surface area contributed by atoms with E-state index < -0.39 is 26.5 Å². The van der Waals surface area contributed by atoms with Gasteiger partial charge in [0.25, 0.3) is 0 Å². The number of rotatable bonds is 76. The van der Waals surface area contributed by atoms with E-state index in [2.05, 4.69) is 123 Å². The van der Waals surface area contributed by atoms with Gasteiger partial charge in [-0.1, -0.05) is 393 Å². The molecule has 10 heteroatoms. The summed E-state index contributed by atoms with van der Waals surface area (Å²) in [7, 11) is 1.47. The Labute approximate surface area is 601 Å². The summed E-state index contributed by atoms with van der Waals surface area (Å²) >= 11 is 0. The third-order valence-electron chi connectivity index (χ3n) is 18.1. The SMILES string of the molecule is CC/C=C\C/C=C\C/C=C\C/C=C\C/C=C\C/C=C\C/C=C\C/C=C\C/C=C\CCCCCCCCCC(=O)OC(COC(=O)CCCCCCCCCCCCCCCCCCCCCCCCCCCCCCCCCCCCCCCC)COP(=O)(O)OCC[N+](C)(C)C. The Hall–Kier alpha value is -3.33. The minimum atomic E-state index is -4.41. The number of phosphoric ester groups is 1. The molecule has 97 heavy (non-hydrogen) atoms. The zero-order valence-corrected chi connectivity index (χ0v) is 65.2. The van der Waals surface area contributed by atoms with Crippen LogP contribution in [0.4, 0.5) is 0 Å². The first-order valence-electron chi connectivity index (χ1n) is 41.1. The summed E-state index contributed by atoms with van der Waals surface area (Å²) in [4.78, 5) is 36.0. The number of phosphoric acid groups is 1. The molecule has 0 fully saturated rings. The molecule has 0 aromatic carbocycles. The lowest BCUT2D eigenvalue weighted by atomic mass is 10.0. The van der Waals surface area contributed by atoms with E-state index in [1.54, 1.807) is 0 Å². The minimum Gasteiger partial charge on any atom is -0.462 e. The monoisotopic (exact) mass is 1380 g/mol. The Kier molecular flexibility index (Phi) is 74.2. The molecule has 0 aromatic rings. The molecule has 9 nitrogen and oxygen atoms in total. The number of carbonyl (C=O) groups excluding carboxylic acids is 2. The molecule has 0 saturated carbocycles. The van der Waals surface area contributed by atoms with E-state index in [1.807, 2.05) is 21.1 Å². The molecule has 0 rings (SSSR count). The Balaban J connectivity index is 3.98. The molecule has 2 atom stereocenters. The summed E-state index contributed by atoms with van der Waals surface area (Å²) < 4.78 is 34.8. The number of esters is 2. The van der Waals surface area contributed by atoms with Gasteiger partial charge in [0.1, 0.15) is 19.8 Å². The number of allylic oxidation sites excluding steroid dienone is 18. The Morgan fingerprint density at radius 2 is 0.588 bits per heavy atom. The number of quaternary nitrogens is 1. The Morgan fingerprint density at radius 3 is 0.876 bits per heavy atom. The number of carbonyl (C=O) groups is 2. The molecule has 0 aliphatic rings. The van der Waals surface area contributed by atoms with Gasteiger partial charge in [-0.2, -0.15) is 0 Å². The quantitative estimate of drug-likeness (QED) is 0.0211. The molecule has 1 N–H and O–H groups in total. The lowest BCUT2D eigenvalue weighted by Gasteiger charge is -2.24. The molecule has 2 unspecified atom stereocenters. The highest BCUT2D eigenvalue weighted by molar-refractivity contribution is 7.47. The average molecular weight is 1380 g/mol. The van der Waals surface area contributed by atoms with E-state index in [9.17, 15) is 19.0 Å². The second-order valence-corrected chi connectivity index (χ2v) is 30.2. The molecule has 0 amide bonds. The first kappa shape index (κ1) is 93.7. The van der Waals surface area contributed by atoms with Crippen LogP contribution in [0.1, 0.15) is 380 Å². The maximum atomic E-state index is 12.9. The van der Waals surface area contributed by atoms with Crippen molar-refractivity contribution in [2.75, 3.05) is 47.5 Å². The minimum absolute atomic E-state index is 0.0260. The van der Waals surface area contributed by atoms with Crippen molar-refractivity contribution >= 4 is 19.8 Å². The van der Waals surface area contributed by atoms with Crippen LogP contribution in [0.5, 0.6) is 0 Å². The predicted octanol–water partition coefficient (Wildman–Crippen LogP) is 27.6. The van der Waals surface area contributed by atoms with Crippen LogP contribution in [0, 0.1) is 0 Å². The average Bonchev–Trinajstić information content (AvgIpc) is 1.69. The first-order chi connectivity index (χ1) is 47.5. The highest BCUT2D eigenvalue weighted by Gasteiger charge is 2.27. The number of nitrogens with zero attached hydrogens (tertiary/aromatic N) is 1. The van der Waals surface area contributed by atoms with E-state index in [1.165, 1.54) is 244 Å². The molecule has 0 saturated heterocycles. The normalized spacial score (nSPS) is 13.6. The fourth-order valence-corrected chi connectivity index (χ4v) is 12.6. The summed E-state index contributed by atoms with van der Waals surface area (Å²) in [6.07, 6.45) is 110. The van der Waals surface area contributed by atoms with E-state index in [4.69, 9.17) is 18.5 Å². The van der Waals surface area contributed by atoms with E-state index in [0.29, 0.717) is 17.4 Å². The topological polar surface area (TPSA) is 108 Å². The summed E-state index contributed by atoms with van der Waals surface area (Å²) in [6, 6.07) is 0. The van der Waals surface area contributed by atoms with E-state index in [-0.39, 0.29) is 32.0 Å². The van der Waals surface area contributed by atoms with Gasteiger partial charge in [-0.05, 0) is 83.5 Å². The molecule has 0 aliphatic heterocycles. The van der Waals surface area contributed by atoms with Crippen LogP contribution >= 0.6 is 7.82 Å². The summed E-state index contributed by atoms with van der Waals surface area (Å²) in [6.45, 7) is 4.35. The van der Waals surface area contributed by atoms with Gasteiger partial charge in [0, 0.05) is 12.8 Å². The van der Waals surface area contributed by atoms with Crippen LogP contribution < -0.4 is 0 Å². The van der Waals surface area contributed by atoms with E-state index >= 15 is 0 Å². The second kappa shape index (κ2) is 76.8. The number of hydrogen-bond donors (Lipinski definition) is 1. The highest BCUT2D eigenvalue weighted by Crippen LogP contribution is 2.43. The smallest absolute Gasteiger partial charge is 0.462 e. The predicted molar refractivity (Wildman–Crippen MR) is 422 cm³/mol. The van der Waals surface area contributed by atoms with Crippen molar-refractivity contribution in [2.24, 2.45) is 0 Å². The molecule has 0 aromatic heterocycles. The molecule has 0 aliphatic carbocycles. The zero-order valence-electron chi connectivity index (χ0n) is 64.3. The number of ether oxygens (including phenoxy) is 2. The summed E-state index contributed by atoms with van der Waals surface area (Å²) in [5.41, 5.74) is 0. The maximum absolute atomic E-state index is 12.9. The van der Waals surface area contributed by atoms with Crippen LogP contribution in [0.15, 0.2) is 109 Å². The van der Waals surface area contributed by atoms with Gasteiger partial charge in [-0.15, -0.1) is 0 Å². The van der Waals surface area contributed by atoms with Crippen LogP contribution in [0.3, 0.4) is 0 Å². The molecule has 562 valence electrons. The fourth-order valence-electron chi connectivity index (χ4n) is 11.8. The molecule has 0 bridgehead atoms. The van der Waals surface area contributed by atoms with Gasteiger partial charge in [-0.25, -0.2) is 4.57 Å². The van der Waals surface area contributed by atoms with Gasteiger partial charge < -0.3 is 18.9 Å². The van der Waals surface area contributed by atoms with Crippen molar-refractivity contribution in [3.8, 4) is 0 Å². The Bertz CT molecular complexity index is 2010. The third kappa shape index (κ3) is 81.5. The third-order valence-corrected chi connectivity index (χ3v) is 19.1. The lowest BCUT2D eigenvalue weighted by Crippen LogP contribution is -2.37. The van der Waals surface area contributed by atoms with E-state index in [0.717, 1.165) is 103 Å². The molecule has 0 heterocycles. The number of unbranched alkanes of at least 4 members (excludes halogenated alkanes) is 44. The molecule has 0 radical (unpaired) electrons.